The van der Waals surface area contributed by atoms with Crippen LogP contribution in [0.1, 0.15) is 0 Å². The number of benzene rings is 8. The molecule has 1 nitrogen and oxygen atoms in total. The van der Waals surface area contributed by atoms with Gasteiger partial charge < -0.3 is 4.90 Å². The largest absolute Gasteiger partial charge is 0.311 e. The Balaban J connectivity index is 1.10. The van der Waals surface area contributed by atoms with E-state index < -0.39 is 16.1 Å². The van der Waals surface area contributed by atoms with Crippen molar-refractivity contribution in [3.63, 3.8) is 0 Å². The summed E-state index contributed by atoms with van der Waals surface area (Å²) in [5.41, 5.74) is 14.3. The molecule has 0 aliphatic carbocycles. The van der Waals surface area contributed by atoms with Crippen LogP contribution in [0.4, 0.5) is 17.1 Å². The van der Waals surface area contributed by atoms with Crippen LogP contribution >= 0.6 is 0 Å². The maximum atomic E-state index is 2.56. The lowest BCUT2D eigenvalue weighted by atomic mass is 9.97. The zero-order valence-electron chi connectivity index (χ0n) is 30.7. The number of hydrogen-bond acceptors (Lipinski definition) is 1. The first-order valence-corrected chi connectivity index (χ1v) is 24.8. The van der Waals surface area contributed by atoms with Gasteiger partial charge in [0.05, 0.1) is 0 Å². The van der Waals surface area contributed by atoms with Gasteiger partial charge in [0.1, 0.15) is 16.1 Å². The Kier molecular flexibility index (Phi) is 7.17. The van der Waals surface area contributed by atoms with E-state index in [-0.39, 0.29) is 0 Å². The third-order valence-electron chi connectivity index (χ3n) is 12.0. The highest BCUT2D eigenvalue weighted by molar-refractivity contribution is 7.05. The summed E-state index contributed by atoms with van der Waals surface area (Å²) < 4.78 is 0. The highest BCUT2D eigenvalue weighted by atomic mass is 28.3. The van der Waals surface area contributed by atoms with Crippen molar-refractivity contribution >= 4 is 64.7 Å². The standard InChI is InChI=1S/C50H41NSi2/c1-52(2)47-19-10-8-15-42(47)44-30-29-41(33-49(44)52)51(46-18-12-17-45-43-16-9-11-20-48(43)53(3,4)50(45)46)40-27-25-35(26-28-40)37-22-24-38-31-36(21-23-39(38)32-37)34-13-6-5-7-14-34/h5-33H,1-4H3. The van der Waals surface area contributed by atoms with Crippen LogP contribution in [-0.4, -0.2) is 16.1 Å². The van der Waals surface area contributed by atoms with Crippen LogP contribution in [0, 0.1) is 0 Å². The molecule has 0 N–H and O–H groups in total. The maximum Gasteiger partial charge on any atom is 0.116 e. The molecule has 0 spiro atoms. The van der Waals surface area contributed by atoms with Gasteiger partial charge in [-0.05, 0) is 118 Å². The van der Waals surface area contributed by atoms with Gasteiger partial charge in [-0.15, -0.1) is 0 Å². The van der Waals surface area contributed by atoms with Gasteiger partial charge in [-0.3, -0.25) is 0 Å². The van der Waals surface area contributed by atoms with Gasteiger partial charge >= 0.3 is 0 Å². The van der Waals surface area contributed by atoms with Gasteiger partial charge in [0.15, 0.2) is 0 Å². The van der Waals surface area contributed by atoms with Gasteiger partial charge in [-0.1, -0.05) is 160 Å². The lowest BCUT2D eigenvalue weighted by Gasteiger charge is -2.32. The van der Waals surface area contributed by atoms with Crippen LogP contribution in [0.3, 0.4) is 0 Å². The van der Waals surface area contributed by atoms with Crippen molar-refractivity contribution in [1.82, 2.24) is 0 Å². The number of hydrogen-bond donors (Lipinski definition) is 0. The highest BCUT2D eigenvalue weighted by Crippen LogP contribution is 2.41. The quantitative estimate of drug-likeness (QED) is 0.161. The molecule has 3 heteroatoms. The molecule has 0 aromatic heterocycles. The average Bonchev–Trinajstić information content (AvgIpc) is 3.58. The first-order valence-electron chi connectivity index (χ1n) is 18.8. The summed E-state index contributed by atoms with van der Waals surface area (Å²) >= 11 is 0. The van der Waals surface area contributed by atoms with Gasteiger partial charge in [0.25, 0.3) is 0 Å². The van der Waals surface area contributed by atoms with Crippen molar-refractivity contribution in [1.29, 1.82) is 0 Å². The molecular weight excluding hydrogens is 671 g/mol. The van der Waals surface area contributed by atoms with Crippen molar-refractivity contribution in [3.8, 4) is 44.5 Å². The minimum atomic E-state index is -2.00. The minimum absolute atomic E-state index is 1.19. The molecule has 2 aliphatic heterocycles. The second kappa shape index (κ2) is 11.9. The number of fused-ring (bicyclic) bond motifs is 7. The predicted molar refractivity (Wildman–Crippen MR) is 234 cm³/mol. The zero-order valence-corrected chi connectivity index (χ0v) is 32.7. The summed E-state index contributed by atoms with van der Waals surface area (Å²) in [5.74, 6) is 0. The second-order valence-electron chi connectivity index (χ2n) is 15.8. The van der Waals surface area contributed by atoms with Crippen molar-refractivity contribution in [2.45, 2.75) is 26.2 Å². The van der Waals surface area contributed by atoms with Gasteiger partial charge in [-0.2, -0.15) is 0 Å². The van der Waals surface area contributed by atoms with E-state index in [9.17, 15) is 0 Å². The van der Waals surface area contributed by atoms with Crippen LogP contribution in [-0.2, 0) is 0 Å². The fraction of sp³-hybridized carbons (Fsp3) is 0.0800. The molecule has 254 valence electrons. The van der Waals surface area contributed by atoms with Crippen LogP contribution < -0.4 is 25.6 Å². The first kappa shape index (κ1) is 31.9. The molecule has 0 saturated carbocycles. The minimum Gasteiger partial charge on any atom is -0.311 e. The monoisotopic (exact) mass is 711 g/mol. The average molecular weight is 712 g/mol. The molecule has 0 bridgehead atoms. The number of nitrogens with zero attached hydrogens (tertiary/aromatic N) is 1. The third-order valence-corrected chi connectivity index (χ3v) is 19.1. The summed E-state index contributed by atoms with van der Waals surface area (Å²) in [6.07, 6.45) is 0. The predicted octanol–water partition coefficient (Wildman–Crippen LogP) is 11.2. The molecule has 0 radical (unpaired) electrons. The molecule has 53 heavy (non-hydrogen) atoms. The highest BCUT2D eigenvalue weighted by Gasteiger charge is 2.41. The molecule has 2 heterocycles. The van der Waals surface area contributed by atoms with Crippen molar-refractivity contribution in [2.75, 3.05) is 4.90 Å². The van der Waals surface area contributed by atoms with Crippen molar-refractivity contribution in [2.24, 2.45) is 0 Å². The Bertz CT molecular complexity index is 2730. The van der Waals surface area contributed by atoms with Crippen LogP contribution in [0.25, 0.3) is 55.3 Å². The van der Waals surface area contributed by atoms with E-state index in [2.05, 4.69) is 207 Å². The fourth-order valence-corrected chi connectivity index (χ4v) is 15.8. The number of anilines is 3. The van der Waals surface area contributed by atoms with E-state index in [1.165, 1.54) is 87.9 Å². The Morgan fingerprint density at radius 1 is 0.340 bits per heavy atom. The normalized spacial score (nSPS) is 14.3. The molecule has 0 unspecified atom stereocenters. The Morgan fingerprint density at radius 3 is 1.53 bits per heavy atom. The van der Waals surface area contributed by atoms with Crippen LogP contribution in [0.15, 0.2) is 176 Å². The SMILES string of the molecule is C[Si]1(C)c2ccccc2-c2ccc(N(c3ccc(-c4ccc5cc(-c6ccccc6)ccc5c4)cc3)c3cccc4c3[Si](C)(C)c3ccccc3-4)cc21. The van der Waals surface area contributed by atoms with E-state index in [1.54, 1.807) is 5.19 Å². The van der Waals surface area contributed by atoms with E-state index in [0.717, 1.165) is 0 Å². The van der Waals surface area contributed by atoms with Crippen LogP contribution in [0.5, 0.6) is 0 Å². The van der Waals surface area contributed by atoms with Gasteiger partial charge in [0, 0.05) is 17.1 Å². The van der Waals surface area contributed by atoms with Crippen molar-refractivity contribution < 1.29 is 0 Å². The van der Waals surface area contributed by atoms with E-state index in [0.29, 0.717) is 0 Å². The Labute approximate surface area is 314 Å². The molecular formula is C50H41NSi2. The molecule has 10 rings (SSSR count). The summed E-state index contributed by atoms with van der Waals surface area (Å²) in [5, 5.41) is 8.63. The molecule has 0 saturated heterocycles. The Hall–Kier alpha value is -5.75. The van der Waals surface area contributed by atoms with Crippen LogP contribution in [0.2, 0.25) is 26.2 Å². The summed E-state index contributed by atoms with van der Waals surface area (Å²) in [4.78, 5) is 2.56. The van der Waals surface area contributed by atoms with E-state index in [4.69, 9.17) is 0 Å². The molecule has 8 aromatic rings. The summed E-state index contributed by atoms with van der Waals surface area (Å²) in [7, 11) is -3.88. The zero-order chi connectivity index (χ0) is 35.9. The third kappa shape index (κ3) is 4.95. The van der Waals surface area contributed by atoms with Crippen molar-refractivity contribution in [3.05, 3.63) is 176 Å². The lowest BCUT2D eigenvalue weighted by molar-refractivity contribution is 1.30. The molecule has 0 fully saturated rings. The summed E-state index contributed by atoms with van der Waals surface area (Å²) in [6.45, 7) is 10.1. The first-order chi connectivity index (χ1) is 25.8. The van der Waals surface area contributed by atoms with Gasteiger partial charge in [0.2, 0.25) is 0 Å². The lowest BCUT2D eigenvalue weighted by Crippen LogP contribution is -2.51. The fourth-order valence-electron chi connectivity index (χ4n) is 9.30. The molecule has 0 atom stereocenters. The van der Waals surface area contributed by atoms with Gasteiger partial charge in [-0.25, -0.2) is 0 Å². The van der Waals surface area contributed by atoms with E-state index in [1.807, 2.05) is 0 Å². The smallest absolute Gasteiger partial charge is 0.116 e. The van der Waals surface area contributed by atoms with E-state index >= 15 is 0 Å². The second-order valence-corrected chi connectivity index (χ2v) is 24.4. The number of rotatable bonds is 5. The molecule has 2 aliphatic rings. The molecule has 0 amide bonds. The maximum absolute atomic E-state index is 2.56. The topological polar surface area (TPSA) is 3.24 Å². The molecule has 8 aromatic carbocycles. The summed E-state index contributed by atoms with van der Waals surface area (Å²) in [6, 6.07) is 66.0. The Morgan fingerprint density at radius 2 is 0.849 bits per heavy atom.